The average Bonchev–Trinajstić information content (AvgIpc) is 4.02. The number of fused-ring (bicyclic) bond motifs is 21. The second kappa shape index (κ2) is 12.6. The third-order valence-electron chi connectivity index (χ3n) is 19.2. The lowest BCUT2D eigenvalue weighted by molar-refractivity contribution is -0.378. The van der Waals surface area contributed by atoms with E-state index in [2.05, 4.69) is 38.1 Å². The quantitative estimate of drug-likeness (QED) is 0.115. The van der Waals surface area contributed by atoms with Crippen LogP contribution in [0.5, 0.6) is 11.5 Å². The molecule has 6 bridgehead atoms. The third-order valence-corrected chi connectivity index (χ3v) is 21.8. The lowest BCUT2D eigenvalue weighted by Gasteiger charge is -2.85. The molecule has 0 unspecified atom stereocenters. The number of methoxy groups -OCH3 is 2. The highest BCUT2D eigenvalue weighted by molar-refractivity contribution is 7.87. The standard InChI is InChI=1S/C50H56O8S2/c1-25-11-15-27(16-12-25)59(51,52)57-23-37-29-19-20-30(38(37)24-58-60(53,54)28-17-13-26(2)14-18-28)40-34-21-33(39(29)40)43-44(34)50(4)46-36-22-35(45(46)49(43,50)3)41-42(36)48(56-6)32-10-8-7-9-31(32)47(41)55-5/h7-18,29-30,33-40,43-46H,19-24H2,1-6H3/t29-,30+,33-,34+,35+,36-,37-,38-,39+,40-,43-,44+,45+,46-,49-,50+/m1/s1. The summed E-state index contributed by atoms with van der Waals surface area (Å²) in [5, 5.41) is 2.28. The molecule has 0 radical (unpaired) electrons. The number of hydrogen-bond acceptors (Lipinski definition) is 8. The summed E-state index contributed by atoms with van der Waals surface area (Å²) in [5.74, 6) is 7.86. The van der Waals surface area contributed by atoms with Crippen LogP contribution in [-0.4, -0.2) is 44.3 Å². The molecule has 60 heavy (non-hydrogen) atoms. The minimum Gasteiger partial charge on any atom is -0.496 e. The second-order valence-electron chi connectivity index (χ2n) is 20.6. The van der Waals surface area contributed by atoms with Crippen LogP contribution >= 0.6 is 0 Å². The van der Waals surface area contributed by atoms with Gasteiger partial charge >= 0.3 is 0 Å². The normalized spacial score (nSPS) is 40.9. The largest absolute Gasteiger partial charge is 0.496 e. The van der Waals surface area contributed by atoms with Gasteiger partial charge in [0.25, 0.3) is 20.2 Å². The van der Waals surface area contributed by atoms with Gasteiger partial charge < -0.3 is 9.47 Å². The predicted molar refractivity (Wildman–Crippen MR) is 228 cm³/mol. The lowest BCUT2D eigenvalue weighted by Crippen LogP contribution is -2.81. The van der Waals surface area contributed by atoms with E-state index in [0.29, 0.717) is 59.2 Å². The van der Waals surface area contributed by atoms with E-state index in [0.717, 1.165) is 52.7 Å². The Balaban J connectivity index is 0.895. The van der Waals surface area contributed by atoms with Gasteiger partial charge in [0.1, 0.15) is 11.5 Å². The zero-order valence-corrected chi connectivity index (χ0v) is 37.0. The fourth-order valence-corrected chi connectivity index (χ4v) is 19.5. The van der Waals surface area contributed by atoms with Crippen LogP contribution in [0.15, 0.2) is 82.6 Å². The van der Waals surface area contributed by atoms with Crippen LogP contribution in [0.25, 0.3) is 10.8 Å². The van der Waals surface area contributed by atoms with Crippen molar-refractivity contribution in [2.45, 2.75) is 75.0 Å². The van der Waals surface area contributed by atoms with Gasteiger partial charge in [-0.3, -0.25) is 8.37 Å². The van der Waals surface area contributed by atoms with Crippen molar-refractivity contribution in [2.24, 2.45) is 81.8 Å². The summed E-state index contributed by atoms with van der Waals surface area (Å²) in [7, 11) is -4.36. The number of rotatable bonds is 10. The Morgan fingerprint density at radius 2 is 0.950 bits per heavy atom. The Hall–Kier alpha value is -3.44. The van der Waals surface area contributed by atoms with E-state index in [-0.39, 0.29) is 57.5 Å². The lowest BCUT2D eigenvalue weighted by atomic mass is 9.18. The zero-order valence-electron chi connectivity index (χ0n) is 35.3. The molecule has 13 rings (SSSR count). The van der Waals surface area contributed by atoms with Crippen LogP contribution in [0.4, 0.5) is 0 Å². The van der Waals surface area contributed by atoms with E-state index in [9.17, 15) is 16.8 Å². The minimum absolute atomic E-state index is 0.0422. The molecule has 0 aliphatic heterocycles. The van der Waals surface area contributed by atoms with E-state index in [1.807, 2.05) is 28.1 Å². The number of hydrogen-bond donors (Lipinski definition) is 0. The molecule has 9 aliphatic rings. The van der Waals surface area contributed by atoms with Crippen LogP contribution in [0, 0.1) is 95.7 Å². The Bertz CT molecular complexity index is 2500. The van der Waals surface area contributed by atoms with Gasteiger partial charge in [-0.2, -0.15) is 16.8 Å². The number of ether oxygens (including phenoxy) is 2. The Kier molecular flexibility index (Phi) is 8.03. The van der Waals surface area contributed by atoms with Gasteiger partial charge in [-0.25, -0.2) is 0 Å². The van der Waals surface area contributed by atoms with Crippen LogP contribution in [-0.2, 0) is 28.6 Å². The summed E-state index contributed by atoms with van der Waals surface area (Å²) in [5.41, 5.74) is 5.20. The molecule has 4 aromatic rings. The van der Waals surface area contributed by atoms with Crippen molar-refractivity contribution in [3.8, 4) is 11.5 Å². The predicted octanol–water partition coefficient (Wildman–Crippen LogP) is 9.53. The summed E-state index contributed by atoms with van der Waals surface area (Å²) in [6, 6.07) is 22.2. The van der Waals surface area contributed by atoms with E-state index < -0.39 is 20.2 Å². The average molecular weight is 849 g/mol. The van der Waals surface area contributed by atoms with Crippen molar-refractivity contribution in [3.05, 3.63) is 95.1 Å². The topological polar surface area (TPSA) is 105 Å². The van der Waals surface area contributed by atoms with Crippen LogP contribution < -0.4 is 9.47 Å². The summed E-state index contributed by atoms with van der Waals surface area (Å²) in [6.07, 6.45) is 4.43. The molecule has 8 saturated carbocycles. The SMILES string of the molecule is COc1c2c(c(OC)c3ccccc13)[C@@H]1C[C@H]2[C@@H]2[C@H]1[C@@]1(C)[C@@H]3[C@@H]4C[C@@H]([C@H]5[C@H]6CC[C@H]([C@@H](COS(=O)(=O)c7ccc(C)cc7)[C@@H]6COS(=O)(=O)c6ccc(C)cc6)[C@@H]45)[C@@H]3[C@@]21C. The maximum atomic E-state index is 13.7. The first kappa shape index (κ1) is 38.3. The first-order chi connectivity index (χ1) is 28.8. The molecular formula is C50H56O8S2. The summed E-state index contributed by atoms with van der Waals surface area (Å²) >= 11 is 0. The maximum absolute atomic E-state index is 13.7. The molecule has 9 aliphatic carbocycles. The van der Waals surface area contributed by atoms with Gasteiger partial charge in [0.15, 0.2) is 0 Å². The Morgan fingerprint density at radius 3 is 1.33 bits per heavy atom. The van der Waals surface area contributed by atoms with Crippen molar-refractivity contribution < 1.29 is 34.7 Å². The molecule has 0 heterocycles. The van der Waals surface area contributed by atoms with Crippen molar-refractivity contribution in [2.75, 3.05) is 27.4 Å². The highest BCUT2D eigenvalue weighted by Crippen LogP contribution is 2.96. The molecule has 8 fully saturated rings. The van der Waals surface area contributed by atoms with Crippen LogP contribution in [0.1, 0.15) is 73.6 Å². The minimum atomic E-state index is -4.01. The molecule has 0 saturated heterocycles. The van der Waals surface area contributed by atoms with Gasteiger partial charge in [-0.1, -0.05) is 73.5 Å². The first-order valence-electron chi connectivity index (χ1n) is 22.3. The molecule has 316 valence electrons. The summed E-state index contributed by atoms with van der Waals surface area (Å²) < 4.78 is 79.5. The third kappa shape index (κ3) is 4.55. The fourth-order valence-electron chi connectivity index (χ4n) is 17.6. The summed E-state index contributed by atoms with van der Waals surface area (Å²) in [4.78, 5) is 0.306. The Morgan fingerprint density at radius 1 is 0.550 bits per heavy atom. The van der Waals surface area contributed by atoms with E-state index in [4.69, 9.17) is 17.8 Å². The fraction of sp³-hybridized carbons (Fsp3) is 0.560. The van der Waals surface area contributed by atoms with E-state index in [1.54, 1.807) is 48.5 Å². The highest BCUT2D eigenvalue weighted by Gasteiger charge is 2.91. The zero-order chi connectivity index (χ0) is 41.4. The van der Waals surface area contributed by atoms with Gasteiger partial charge in [0.2, 0.25) is 0 Å². The highest BCUT2D eigenvalue weighted by atomic mass is 32.2. The monoisotopic (exact) mass is 848 g/mol. The van der Waals surface area contributed by atoms with Crippen molar-refractivity contribution >= 4 is 31.0 Å². The van der Waals surface area contributed by atoms with Gasteiger partial charge in [0, 0.05) is 21.9 Å². The molecule has 16 atom stereocenters. The van der Waals surface area contributed by atoms with Crippen LogP contribution in [0.3, 0.4) is 0 Å². The molecular weight excluding hydrogens is 793 g/mol. The molecule has 4 aromatic carbocycles. The second-order valence-corrected chi connectivity index (χ2v) is 23.8. The van der Waals surface area contributed by atoms with Gasteiger partial charge in [-0.15, -0.1) is 0 Å². The van der Waals surface area contributed by atoms with E-state index in [1.165, 1.54) is 17.5 Å². The van der Waals surface area contributed by atoms with Crippen molar-refractivity contribution in [3.63, 3.8) is 0 Å². The molecule has 0 spiro atoms. The number of benzene rings is 4. The molecule has 0 aromatic heterocycles. The molecule has 0 N–H and O–H groups in total. The number of aryl methyl sites for hydroxylation is 2. The maximum Gasteiger partial charge on any atom is 0.296 e. The summed E-state index contributed by atoms with van der Waals surface area (Å²) in [6.45, 7) is 9.25. The molecule has 0 amide bonds. The molecule has 8 nitrogen and oxygen atoms in total. The first-order valence-corrected chi connectivity index (χ1v) is 25.2. The van der Waals surface area contributed by atoms with Crippen molar-refractivity contribution in [1.29, 1.82) is 0 Å². The van der Waals surface area contributed by atoms with Gasteiger partial charge in [-0.05, 0) is 157 Å². The Labute approximate surface area is 355 Å². The van der Waals surface area contributed by atoms with Crippen LogP contribution in [0.2, 0.25) is 0 Å². The smallest absolute Gasteiger partial charge is 0.296 e. The van der Waals surface area contributed by atoms with E-state index >= 15 is 0 Å². The molecule has 10 heteroatoms. The van der Waals surface area contributed by atoms with Gasteiger partial charge in [0.05, 0.1) is 37.2 Å². The van der Waals surface area contributed by atoms with Crippen molar-refractivity contribution in [1.82, 2.24) is 0 Å².